The van der Waals surface area contributed by atoms with Crippen molar-refractivity contribution in [2.75, 3.05) is 20.2 Å². The second kappa shape index (κ2) is 6.59. The number of nitrogens with zero attached hydrogens (tertiary/aromatic N) is 1. The van der Waals surface area contributed by atoms with E-state index in [1.807, 2.05) is 20.8 Å². The van der Waals surface area contributed by atoms with E-state index >= 15 is 0 Å². The highest BCUT2D eigenvalue weighted by atomic mass is 16.6. The lowest BCUT2D eigenvalue weighted by Gasteiger charge is -2.26. The molecule has 0 N–H and O–H groups in total. The van der Waals surface area contributed by atoms with Gasteiger partial charge in [-0.2, -0.15) is 0 Å². The van der Waals surface area contributed by atoms with Crippen LogP contribution in [0.4, 0.5) is 4.79 Å². The van der Waals surface area contributed by atoms with E-state index in [-0.39, 0.29) is 12.1 Å². The zero-order chi connectivity index (χ0) is 14.5. The molecule has 19 heavy (non-hydrogen) atoms. The first-order valence-corrected chi connectivity index (χ1v) is 6.57. The third-order valence-electron chi connectivity index (χ3n) is 2.80. The van der Waals surface area contributed by atoms with Crippen molar-refractivity contribution < 1.29 is 19.1 Å². The van der Waals surface area contributed by atoms with Crippen LogP contribution in [0.1, 0.15) is 40.0 Å². The fraction of sp³-hybridized carbons (Fsp3) is 0.714. The standard InChI is InChI=1S/C14H23NO4/c1-14(2,3)19-13(17)15-8-5-6-11(7-9-15)10-12(16)18-4/h10H,5-9H2,1-4H3/b11-10+. The predicted octanol–water partition coefficient (Wildman–Crippen LogP) is 2.51. The highest BCUT2D eigenvalue weighted by Gasteiger charge is 2.23. The van der Waals surface area contributed by atoms with Crippen LogP contribution < -0.4 is 0 Å². The zero-order valence-electron chi connectivity index (χ0n) is 12.2. The smallest absolute Gasteiger partial charge is 0.410 e. The molecule has 1 rings (SSSR count). The summed E-state index contributed by atoms with van der Waals surface area (Å²) >= 11 is 0. The Hall–Kier alpha value is -1.52. The summed E-state index contributed by atoms with van der Waals surface area (Å²) in [5.74, 6) is -0.333. The minimum absolute atomic E-state index is 0.285. The fourth-order valence-corrected chi connectivity index (χ4v) is 1.89. The van der Waals surface area contributed by atoms with Gasteiger partial charge >= 0.3 is 12.1 Å². The third kappa shape index (κ3) is 5.77. The van der Waals surface area contributed by atoms with Crippen LogP contribution in [0.5, 0.6) is 0 Å². The second-order valence-corrected chi connectivity index (χ2v) is 5.65. The summed E-state index contributed by atoms with van der Waals surface area (Å²) < 4.78 is 9.96. The van der Waals surface area contributed by atoms with Gasteiger partial charge in [0.2, 0.25) is 0 Å². The van der Waals surface area contributed by atoms with Gasteiger partial charge in [-0.05, 0) is 40.0 Å². The molecule has 108 valence electrons. The fourth-order valence-electron chi connectivity index (χ4n) is 1.89. The van der Waals surface area contributed by atoms with Crippen molar-refractivity contribution in [3.8, 4) is 0 Å². The summed E-state index contributed by atoms with van der Waals surface area (Å²) in [7, 11) is 1.36. The molecule has 0 saturated carbocycles. The van der Waals surface area contributed by atoms with Gasteiger partial charge in [0, 0.05) is 19.2 Å². The molecule has 1 saturated heterocycles. The molecule has 1 aliphatic rings. The first-order chi connectivity index (χ1) is 8.81. The van der Waals surface area contributed by atoms with Crippen LogP contribution in [0.25, 0.3) is 0 Å². The lowest BCUT2D eigenvalue weighted by atomic mass is 10.1. The number of hydrogen-bond donors (Lipinski definition) is 0. The van der Waals surface area contributed by atoms with Crippen LogP contribution in [0.2, 0.25) is 0 Å². The molecule has 0 aromatic heterocycles. The molecule has 0 unspecified atom stereocenters. The topological polar surface area (TPSA) is 55.8 Å². The molecule has 1 heterocycles. The maximum absolute atomic E-state index is 11.9. The summed E-state index contributed by atoms with van der Waals surface area (Å²) in [6.07, 6.45) is 3.58. The van der Waals surface area contributed by atoms with Crippen LogP contribution in [0.3, 0.4) is 0 Å². The molecule has 0 atom stereocenters. The van der Waals surface area contributed by atoms with Crippen molar-refractivity contribution >= 4 is 12.1 Å². The van der Waals surface area contributed by atoms with Crippen LogP contribution in [0, 0.1) is 0 Å². The lowest BCUT2D eigenvalue weighted by Crippen LogP contribution is -2.37. The van der Waals surface area contributed by atoms with Gasteiger partial charge in [-0.3, -0.25) is 0 Å². The minimum Gasteiger partial charge on any atom is -0.466 e. The molecule has 0 bridgehead atoms. The Morgan fingerprint density at radius 1 is 1.21 bits per heavy atom. The molecule has 1 fully saturated rings. The Morgan fingerprint density at radius 2 is 1.89 bits per heavy atom. The molecular formula is C14H23NO4. The van der Waals surface area contributed by atoms with Crippen molar-refractivity contribution in [1.82, 2.24) is 4.90 Å². The Balaban J connectivity index is 2.57. The van der Waals surface area contributed by atoms with Gasteiger partial charge in [0.1, 0.15) is 5.60 Å². The maximum Gasteiger partial charge on any atom is 0.410 e. The van der Waals surface area contributed by atoms with Gasteiger partial charge in [0.05, 0.1) is 7.11 Å². The molecule has 1 aliphatic heterocycles. The Bertz CT molecular complexity index is 368. The highest BCUT2D eigenvalue weighted by molar-refractivity contribution is 5.82. The number of esters is 1. The van der Waals surface area contributed by atoms with E-state index in [1.54, 1.807) is 4.90 Å². The Morgan fingerprint density at radius 3 is 2.47 bits per heavy atom. The van der Waals surface area contributed by atoms with Gasteiger partial charge in [0.15, 0.2) is 0 Å². The molecule has 0 aromatic carbocycles. The van der Waals surface area contributed by atoms with Gasteiger partial charge in [-0.1, -0.05) is 5.57 Å². The zero-order valence-corrected chi connectivity index (χ0v) is 12.2. The average Bonchev–Trinajstić information content (AvgIpc) is 2.52. The number of amides is 1. The number of likely N-dealkylation sites (tertiary alicyclic amines) is 1. The van der Waals surface area contributed by atoms with Gasteiger partial charge < -0.3 is 14.4 Å². The number of carbonyl (C=O) groups is 2. The summed E-state index contributed by atoms with van der Waals surface area (Å²) in [5.41, 5.74) is 0.548. The normalized spacial score (nSPS) is 18.9. The maximum atomic E-state index is 11.9. The third-order valence-corrected chi connectivity index (χ3v) is 2.80. The van der Waals surface area contributed by atoms with Crippen LogP contribution in [-0.2, 0) is 14.3 Å². The Labute approximate surface area is 114 Å². The van der Waals surface area contributed by atoms with E-state index in [1.165, 1.54) is 13.2 Å². The van der Waals surface area contributed by atoms with Crippen molar-refractivity contribution in [3.63, 3.8) is 0 Å². The molecule has 0 spiro atoms. The van der Waals surface area contributed by atoms with E-state index in [0.29, 0.717) is 19.5 Å². The SMILES string of the molecule is COC(=O)/C=C1\CCCN(C(=O)OC(C)(C)C)CC1. The van der Waals surface area contributed by atoms with Crippen LogP contribution >= 0.6 is 0 Å². The predicted molar refractivity (Wildman–Crippen MR) is 71.8 cm³/mol. The summed E-state index contributed by atoms with van der Waals surface area (Å²) in [6, 6.07) is 0. The van der Waals surface area contributed by atoms with Crippen molar-refractivity contribution in [3.05, 3.63) is 11.6 Å². The van der Waals surface area contributed by atoms with Crippen molar-refractivity contribution in [2.45, 2.75) is 45.6 Å². The molecule has 1 amide bonds. The van der Waals surface area contributed by atoms with E-state index < -0.39 is 5.60 Å². The van der Waals surface area contributed by atoms with Crippen LogP contribution in [0.15, 0.2) is 11.6 Å². The lowest BCUT2D eigenvalue weighted by molar-refractivity contribution is -0.134. The highest BCUT2D eigenvalue weighted by Crippen LogP contribution is 2.19. The molecule has 0 radical (unpaired) electrons. The number of methoxy groups -OCH3 is 1. The quantitative estimate of drug-likeness (QED) is 0.542. The molecule has 5 nitrogen and oxygen atoms in total. The van der Waals surface area contributed by atoms with E-state index in [9.17, 15) is 9.59 Å². The summed E-state index contributed by atoms with van der Waals surface area (Å²) in [5, 5.41) is 0. The number of carbonyl (C=O) groups excluding carboxylic acids is 2. The van der Waals surface area contributed by atoms with Gasteiger partial charge in [-0.15, -0.1) is 0 Å². The molecule has 5 heteroatoms. The number of hydrogen-bond acceptors (Lipinski definition) is 4. The van der Waals surface area contributed by atoms with Crippen molar-refractivity contribution in [1.29, 1.82) is 0 Å². The van der Waals surface area contributed by atoms with Crippen molar-refractivity contribution in [2.24, 2.45) is 0 Å². The molecular weight excluding hydrogens is 246 g/mol. The first-order valence-electron chi connectivity index (χ1n) is 6.57. The van der Waals surface area contributed by atoms with E-state index in [2.05, 4.69) is 4.74 Å². The average molecular weight is 269 g/mol. The molecule has 0 aromatic rings. The largest absolute Gasteiger partial charge is 0.466 e. The van der Waals surface area contributed by atoms with E-state index in [0.717, 1.165) is 18.4 Å². The number of ether oxygens (including phenoxy) is 2. The second-order valence-electron chi connectivity index (χ2n) is 5.65. The number of rotatable bonds is 1. The molecule has 0 aliphatic carbocycles. The Kier molecular flexibility index (Phi) is 5.39. The summed E-state index contributed by atoms with van der Waals surface area (Å²) in [4.78, 5) is 24.8. The van der Waals surface area contributed by atoms with Gasteiger partial charge in [-0.25, -0.2) is 9.59 Å². The minimum atomic E-state index is -0.478. The first kappa shape index (κ1) is 15.5. The summed E-state index contributed by atoms with van der Waals surface area (Å²) in [6.45, 7) is 6.80. The van der Waals surface area contributed by atoms with Gasteiger partial charge in [0.25, 0.3) is 0 Å². The van der Waals surface area contributed by atoms with Crippen LogP contribution in [-0.4, -0.2) is 42.8 Å². The monoisotopic (exact) mass is 269 g/mol. The van der Waals surface area contributed by atoms with E-state index in [4.69, 9.17) is 4.74 Å².